The van der Waals surface area contributed by atoms with Crippen LogP contribution in [0.2, 0.25) is 10.2 Å². The number of fused-ring (bicyclic) bond motifs is 1. The van der Waals surface area contributed by atoms with Crippen LogP contribution in [0.25, 0.3) is 17.0 Å². The van der Waals surface area contributed by atoms with Crippen molar-refractivity contribution in [1.82, 2.24) is 14.6 Å². The van der Waals surface area contributed by atoms with Crippen LogP contribution < -0.4 is 5.32 Å². The van der Waals surface area contributed by atoms with Crippen molar-refractivity contribution in [2.24, 2.45) is 0 Å². The molecule has 0 spiro atoms. The van der Waals surface area contributed by atoms with E-state index in [1.807, 2.05) is 0 Å². The number of rotatable bonds is 3. The van der Waals surface area contributed by atoms with Gasteiger partial charge in [0.05, 0.1) is 10.6 Å². The first kappa shape index (κ1) is 20.2. The van der Waals surface area contributed by atoms with E-state index in [2.05, 4.69) is 15.4 Å². The van der Waals surface area contributed by atoms with Crippen molar-refractivity contribution in [3.8, 4) is 11.4 Å². The zero-order chi connectivity index (χ0) is 21.6. The molecule has 0 atom stereocenters. The summed E-state index contributed by atoms with van der Waals surface area (Å²) in [5.74, 6) is -3.82. The second kappa shape index (κ2) is 7.62. The van der Waals surface area contributed by atoms with Crippen molar-refractivity contribution in [2.75, 3.05) is 5.32 Å². The first-order chi connectivity index (χ1) is 14.3. The monoisotopic (exact) mass is 450 g/mol. The smallest absolute Gasteiger partial charge is 0.257 e. The van der Waals surface area contributed by atoms with Gasteiger partial charge in [-0.1, -0.05) is 29.3 Å². The molecule has 2 aromatic carbocycles. The van der Waals surface area contributed by atoms with Gasteiger partial charge in [0.15, 0.2) is 23.1 Å². The minimum atomic E-state index is -1.34. The highest BCUT2D eigenvalue weighted by Crippen LogP contribution is 2.30. The molecule has 1 N–H and O–H groups in total. The number of carbonyl (C=O) groups excluding carboxylic acids is 1. The summed E-state index contributed by atoms with van der Waals surface area (Å²) in [5.41, 5.74) is 1.04. The average molecular weight is 451 g/mol. The maximum absolute atomic E-state index is 14.3. The van der Waals surface area contributed by atoms with Crippen LogP contribution in [-0.2, 0) is 0 Å². The second-order valence-electron chi connectivity index (χ2n) is 6.36. The van der Waals surface area contributed by atoms with Crippen molar-refractivity contribution in [3.63, 3.8) is 0 Å². The number of pyridine rings is 1. The molecular weight excluding hydrogens is 440 g/mol. The molecular formula is C20H11Cl2F3N4O. The summed E-state index contributed by atoms with van der Waals surface area (Å²) in [6.45, 7) is 1.63. The fourth-order valence-corrected chi connectivity index (χ4v) is 3.36. The van der Waals surface area contributed by atoms with E-state index in [1.54, 1.807) is 25.1 Å². The van der Waals surface area contributed by atoms with Gasteiger partial charge in [-0.05, 0) is 48.9 Å². The van der Waals surface area contributed by atoms with Crippen LogP contribution in [-0.4, -0.2) is 20.5 Å². The summed E-state index contributed by atoms with van der Waals surface area (Å²) >= 11 is 11.8. The van der Waals surface area contributed by atoms with E-state index < -0.39 is 28.4 Å². The lowest BCUT2D eigenvalue weighted by Crippen LogP contribution is -2.15. The summed E-state index contributed by atoms with van der Waals surface area (Å²) in [6, 6.07) is 9.15. The largest absolute Gasteiger partial charge is 0.322 e. The van der Waals surface area contributed by atoms with Gasteiger partial charge in [0.1, 0.15) is 11.0 Å². The number of halogens is 5. The number of carbonyl (C=O) groups is 1. The molecule has 0 aliphatic carbocycles. The van der Waals surface area contributed by atoms with Gasteiger partial charge in [-0.3, -0.25) is 4.79 Å². The van der Waals surface area contributed by atoms with Crippen LogP contribution in [0.15, 0.2) is 42.5 Å². The van der Waals surface area contributed by atoms with E-state index in [0.717, 1.165) is 18.2 Å². The number of benzene rings is 2. The van der Waals surface area contributed by atoms with Gasteiger partial charge in [0, 0.05) is 11.3 Å². The van der Waals surface area contributed by atoms with Gasteiger partial charge in [0.2, 0.25) is 0 Å². The highest BCUT2D eigenvalue weighted by Gasteiger charge is 2.20. The second-order valence-corrected chi connectivity index (χ2v) is 7.12. The van der Waals surface area contributed by atoms with Crippen molar-refractivity contribution in [1.29, 1.82) is 0 Å². The number of amides is 1. The summed E-state index contributed by atoms with van der Waals surface area (Å²) in [5, 5.41) is 6.40. The van der Waals surface area contributed by atoms with Gasteiger partial charge in [-0.15, -0.1) is 5.10 Å². The standard InChI is InChI=1S/C20H11Cl2F3N4O/c1-9-12(19-27-16-4-2-3-15(21)29(16)28-19)7-10(23)8-14(9)26-20(30)11-5-6-13(24)18(25)17(11)22/h2-8H,1H3,(H,26,30). The minimum absolute atomic E-state index is 0.0979. The molecule has 2 heterocycles. The van der Waals surface area contributed by atoms with Gasteiger partial charge in [-0.2, -0.15) is 0 Å². The summed E-state index contributed by atoms with van der Waals surface area (Å²) < 4.78 is 42.6. The first-order valence-corrected chi connectivity index (χ1v) is 9.28. The molecule has 4 rings (SSSR count). The van der Waals surface area contributed by atoms with Gasteiger partial charge in [-0.25, -0.2) is 22.7 Å². The number of nitrogens with one attached hydrogen (secondary N) is 1. The molecule has 0 radical (unpaired) electrons. The minimum Gasteiger partial charge on any atom is -0.322 e. The number of hydrogen-bond donors (Lipinski definition) is 1. The van der Waals surface area contributed by atoms with E-state index in [-0.39, 0.29) is 17.1 Å². The van der Waals surface area contributed by atoms with Gasteiger partial charge >= 0.3 is 0 Å². The lowest BCUT2D eigenvalue weighted by atomic mass is 10.1. The predicted octanol–water partition coefficient (Wildman–Crippen LogP) is 5.68. The van der Waals surface area contributed by atoms with E-state index in [0.29, 0.717) is 21.9 Å². The maximum atomic E-state index is 14.3. The molecule has 0 fully saturated rings. The molecule has 0 aliphatic heterocycles. The molecule has 4 aromatic rings. The zero-order valence-electron chi connectivity index (χ0n) is 15.2. The molecule has 152 valence electrons. The van der Waals surface area contributed by atoms with Gasteiger partial charge < -0.3 is 5.32 Å². The summed E-state index contributed by atoms with van der Waals surface area (Å²) in [7, 11) is 0. The normalized spacial score (nSPS) is 11.1. The molecule has 0 unspecified atom stereocenters. The van der Waals surface area contributed by atoms with Crippen molar-refractivity contribution in [2.45, 2.75) is 6.92 Å². The third-order valence-electron chi connectivity index (χ3n) is 4.45. The van der Waals surface area contributed by atoms with E-state index in [1.165, 1.54) is 10.6 Å². The van der Waals surface area contributed by atoms with Crippen LogP contribution >= 0.6 is 23.2 Å². The molecule has 5 nitrogen and oxygen atoms in total. The Hall–Kier alpha value is -3.10. The Morgan fingerprint density at radius 3 is 2.60 bits per heavy atom. The number of hydrogen-bond acceptors (Lipinski definition) is 3. The van der Waals surface area contributed by atoms with Crippen molar-refractivity contribution < 1.29 is 18.0 Å². The fourth-order valence-electron chi connectivity index (χ4n) is 2.92. The maximum Gasteiger partial charge on any atom is 0.257 e. The number of nitrogens with zero attached hydrogens (tertiary/aromatic N) is 3. The topological polar surface area (TPSA) is 59.3 Å². The molecule has 1 amide bonds. The summed E-state index contributed by atoms with van der Waals surface area (Å²) in [6.07, 6.45) is 0. The van der Waals surface area contributed by atoms with E-state index in [9.17, 15) is 18.0 Å². The Bertz CT molecular complexity index is 1320. The summed E-state index contributed by atoms with van der Waals surface area (Å²) in [4.78, 5) is 16.9. The van der Waals surface area contributed by atoms with Crippen LogP contribution in [0.3, 0.4) is 0 Å². The van der Waals surface area contributed by atoms with Crippen molar-refractivity contribution in [3.05, 3.63) is 81.2 Å². The van der Waals surface area contributed by atoms with Crippen LogP contribution in [0, 0.1) is 24.4 Å². The fraction of sp³-hybridized carbons (Fsp3) is 0.0500. The van der Waals surface area contributed by atoms with Crippen molar-refractivity contribution >= 4 is 40.4 Å². The molecule has 30 heavy (non-hydrogen) atoms. The Labute approximate surface area is 178 Å². The Kier molecular flexibility index (Phi) is 5.13. The van der Waals surface area contributed by atoms with Crippen LogP contribution in [0.5, 0.6) is 0 Å². The highest BCUT2D eigenvalue weighted by atomic mass is 35.5. The zero-order valence-corrected chi connectivity index (χ0v) is 16.7. The molecule has 0 saturated carbocycles. The molecule has 0 aliphatic rings. The van der Waals surface area contributed by atoms with E-state index >= 15 is 0 Å². The van der Waals surface area contributed by atoms with Gasteiger partial charge in [0.25, 0.3) is 5.91 Å². The predicted molar refractivity (Wildman–Crippen MR) is 107 cm³/mol. The molecule has 0 bridgehead atoms. The lowest BCUT2D eigenvalue weighted by molar-refractivity contribution is 0.102. The Morgan fingerprint density at radius 1 is 1.10 bits per heavy atom. The SMILES string of the molecule is Cc1c(NC(=O)c2ccc(F)c(F)c2Cl)cc(F)cc1-c1nc2cccc(Cl)n2n1. The highest BCUT2D eigenvalue weighted by molar-refractivity contribution is 6.34. The number of aromatic nitrogens is 3. The third kappa shape index (κ3) is 3.48. The van der Waals surface area contributed by atoms with Crippen LogP contribution in [0.4, 0.5) is 18.9 Å². The molecule has 0 saturated heterocycles. The number of anilines is 1. The van der Waals surface area contributed by atoms with E-state index in [4.69, 9.17) is 23.2 Å². The average Bonchev–Trinajstić information content (AvgIpc) is 3.14. The molecule has 10 heteroatoms. The quantitative estimate of drug-likeness (QED) is 0.322. The Morgan fingerprint density at radius 2 is 1.87 bits per heavy atom. The first-order valence-electron chi connectivity index (χ1n) is 8.53. The van der Waals surface area contributed by atoms with Crippen LogP contribution in [0.1, 0.15) is 15.9 Å². The lowest BCUT2D eigenvalue weighted by Gasteiger charge is -2.12. The third-order valence-corrected chi connectivity index (χ3v) is 5.11. The molecule has 2 aromatic heterocycles. The Balaban J connectivity index is 1.75.